The van der Waals surface area contributed by atoms with Gasteiger partial charge in [-0.1, -0.05) is 48.5 Å². The zero-order chi connectivity index (χ0) is 18.4. The van der Waals surface area contributed by atoms with E-state index in [-0.39, 0.29) is 19.6 Å². The van der Waals surface area contributed by atoms with Crippen LogP contribution in [0.2, 0.25) is 0 Å². The Bertz CT molecular complexity index is 777. The lowest BCUT2D eigenvalue weighted by Crippen LogP contribution is -2.45. The molecule has 0 fully saturated rings. The van der Waals surface area contributed by atoms with Gasteiger partial charge in [-0.25, -0.2) is 4.79 Å². The first-order valence-electron chi connectivity index (χ1n) is 8.48. The molecule has 1 unspecified atom stereocenters. The van der Waals surface area contributed by atoms with Crippen LogP contribution in [0.1, 0.15) is 24.0 Å². The molecule has 136 valence electrons. The van der Waals surface area contributed by atoms with Gasteiger partial charge in [-0.3, -0.25) is 4.79 Å². The molecular formula is C20H21NO5. The summed E-state index contributed by atoms with van der Waals surface area (Å²) in [6, 6.07) is 16.7. The van der Waals surface area contributed by atoms with Gasteiger partial charge in [-0.2, -0.15) is 0 Å². The smallest absolute Gasteiger partial charge is 0.407 e. The maximum Gasteiger partial charge on any atom is 0.407 e. The molecule has 0 saturated carbocycles. The topological polar surface area (TPSA) is 84.9 Å². The lowest BCUT2D eigenvalue weighted by Gasteiger charge is -2.37. The summed E-state index contributed by atoms with van der Waals surface area (Å²) < 4.78 is 10.9. The van der Waals surface area contributed by atoms with Crippen LogP contribution in [0.25, 0.3) is 0 Å². The molecule has 1 aliphatic heterocycles. The third-order valence-electron chi connectivity index (χ3n) is 4.57. The number of fused-ring (bicyclic) bond motifs is 1. The van der Waals surface area contributed by atoms with Gasteiger partial charge in [-0.05, 0) is 18.1 Å². The predicted molar refractivity (Wildman–Crippen MR) is 95.1 cm³/mol. The number of carboxylic acids is 1. The van der Waals surface area contributed by atoms with E-state index in [0.29, 0.717) is 18.8 Å². The number of rotatable bonds is 6. The molecule has 1 heterocycles. The number of benzene rings is 2. The van der Waals surface area contributed by atoms with Gasteiger partial charge >= 0.3 is 12.1 Å². The van der Waals surface area contributed by atoms with E-state index in [9.17, 15) is 14.7 Å². The van der Waals surface area contributed by atoms with Crippen molar-refractivity contribution < 1.29 is 24.2 Å². The van der Waals surface area contributed by atoms with E-state index in [1.165, 1.54) is 0 Å². The van der Waals surface area contributed by atoms with Gasteiger partial charge in [-0.15, -0.1) is 0 Å². The lowest BCUT2D eigenvalue weighted by atomic mass is 9.73. The Morgan fingerprint density at radius 2 is 1.85 bits per heavy atom. The zero-order valence-electron chi connectivity index (χ0n) is 14.3. The number of carbonyl (C=O) groups is 2. The molecule has 26 heavy (non-hydrogen) atoms. The van der Waals surface area contributed by atoms with Gasteiger partial charge in [0.05, 0.1) is 13.0 Å². The van der Waals surface area contributed by atoms with E-state index in [1.54, 1.807) is 0 Å². The van der Waals surface area contributed by atoms with Crippen molar-refractivity contribution in [2.45, 2.75) is 24.9 Å². The number of hydrogen-bond donors (Lipinski definition) is 2. The average molecular weight is 355 g/mol. The van der Waals surface area contributed by atoms with Crippen LogP contribution in [-0.2, 0) is 21.6 Å². The Balaban J connectivity index is 1.68. The van der Waals surface area contributed by atoms with Crippen molar-refractivity contribution in [3.8, 4) is 5.75 Å². The van der Waals surface area contributed by atoms with Crippen molar-refractivity contribution >= 4 is 12.1 Å². The minimum absolute atomic E-state index is 0.0909. The highest BCUT2D eigenvalue weighted by Crippen LogP contribution is 2.40. The van der Waals surface area contributed by atoms with Gasteiger partial charge in [0.2, 0.25) is 0 Å². The second-order valence-electron chi connectivity index (χ2n) is 6.36. The van der Waals surface area contributed by atoms with Crippen LogP contribution >= 0.6 is 0 Å². The van der Waals surface area contributed by atoms with Crippen LogP contribution in [-0.4, -0.2) is 30.3 Å². The highest BCUT2D eigenvalue weighted by atomic mass is 16.5. The minimum Gasteiger partial charge on any atom is -0.493 e. The standard InChI is InChI=1S/C20H21NO5/c22-18(23)12-20(10-11-25-17-9-5-4-8-16(17)20)14-21-19(24)26-13-15-6-2-1-3-7-15/h1-9H,10-14H2,(H,21,24)(H,22,23). The van der Waals surface area contributed by atoms with Crippen LogP contribution in [0, 0.1) is 0 Å². The molecule has 0 saturated heterocycles. The van der Waals surface area contributed by atoms with E-state index < -0.39 is 17.5 Å². The van der Waals surface area contributed by atoms with Crippen molar-refractivity contribution in [2.75, 3.05) is 13.2 Å². The molecule has 1 amide bonds. The first-order valence-corrected chi connectivity index (χ1v) is 8.48. The Kier molecular flexibility index (Phi) is 5.41. The molecule has 0 aromatic heterocycles. The summed E-state index contributed by atoms with van der Waals surface area (Å²) >= 11 is 0. The molecule has 1 atom stereocenters. The largest absolute Gasteiger partial charge is 0.493 e. The van der Waals surface area contributed by atoms with Crippen molar-refractivity contribution in [3.05, 3.63) is 65.7 Å². The van der Waals surface area contributed by atoms with Crippen LogP contribution < -0.4 is 10.1 Å². The number of para-hydroxylation sites is 1. The number of ether oxygens (including phenoxy) is 2. The first kappa shape index (κ1) is 17.8. The fourth-order valence-corrected chi connectivity index (χ4v) is 3.26. The van der Waals surface area contributed by atoms with E-state index in [0.717, 1.165) is 11.1 Å². The molecular weight excluding hydrogens is 334 g/mol. The van der Waals surface area contributed by atoms with Gasteiger partial charge in [0.15, 0.2) is 0 Å². The number of aliphatic carboxylic acids is 1. The highest BCUT2D eigenvalue weighted by molar-refractivity contribution is 5.71. The zero-order valence-corrected chi connectivity index (χ0v) is 14.3. The van der Waals surface area contributed by atoms with Crippen LogP contribution in [0.5, 0.6) is 5.75 Å². The Labute approximate surface area is 151 Å². The normalized spacial score (nSPS) is 18.3. The number of carboxylic acid groups (broad SMARTS) is 1. The third-order valence-corrected chi connectivity index (χ3v) is 4.57. The second kappa shape index (κ2) is 7.91. The number of amides is 1. The van der Waals surface area contributed by atoms with Crippen LogP contribution in [0.3, 0.4) is 0 Å². The highest BCUT2D eigenvalue weighted by Gasteiger charge is 2.40. The summed E-state index contributed by atoms with van der Waals surface area (Å²) in [6.07, 6.45) is -0.149. The second-order valence-corrected chi connectivity index (χ2v) is 6.36. The summed E-state index contributed by atoms with van der Waals surface area (Å²) in [6.45, 7) is 0.747. The summed E-state index contributed by atoms with van der Waals surface area (Å²) in [5.74, 6) is -0.249. The maximum absolute atomic E-state index is 12.1. The number of nitrogens with one attached hydrogen (secondary N) is 1. The lowest BCUT2D eigenvalue weighted by molar-refractivity contribution is -0.138. The molecule has 2 N–H and O–H groups in total. The Hall–Kier alpha value is -3.02. The molecule has 3 rings (SSSR count). The Morgan fingerprint density at radius 1 is 1.12 bits per heavy atom. The van der Waals surface area contributed by atoms with Crippen molar-refractivity contribution in [3.63, 3.8) is 0 Å². The molecule has 6 nitrogen and oxygen atoms in total. The molecule has 1 aliphatic rings. The summed E-state index contributed by atoms with van der Waals surface area (Å²) in [7, 11) is 0. The fraction of sp³-hybridized carbons (Fsp3) is 0.300. The van der Waals surface area contributed by atoms with Gasteiger partial charge in [0.1, 0.15) is 12.4 Å². The summed E-state index contributed by atoms with van der Waals surface area (Å²) in [5, 5.41) is 12.1. The third kappa shape index (κ3) is 4.14. The van der Waals surface area contributed by atoms with Crippen LogP contribution in [0.15, 0.2) is 54.6 Å². The van der Waals surface area contributed by atoms with Crippen molar-refractivity contribution in [2.24, 2.45) is 0 Å². The first-order chi connectivity index (χ1) is 12.6. The molecule has 2 aromatic rings. The van der Waals surface area contributed by atoms with Crippen molar-refractivity contribution in [1.82, 2.24) is 5.32 Å². The van der Waals surface area contributed by atoms with Crippen molar-refractivity contribution in [1.29, 1.82) is 0 Å². The van der Waals surface area contributed by atoms with Gasteiger partial charge < -0.3 is 19.9 Å². The monoisotopic (exact) mass is 355 g/mol. The minimum atomic E-state index is -0.916. The van der Waals surface area contributed by atoms with Gasteiger partial charge in [0.25, 0.3) is 0 Å². The summed E-state index contributed by atoms with van der Waals surface area (Å²) in [5.41, 5.74) is 0.975. The van der Waals surface area contributed by atoms with Crippen LogP contribution in [0.4, 0.5) is 4.79 Å². The van der Waals surface area contributed by atoms with E-state index >= 15 is 0 Å². The number of alkyl carbamates (subject to hydrolysis) is 1. The quantitative estimate of drug-likeness (QED) is 0.832. The number of carbonyl (C=O) groups excluding carboxylic acids is 1. The fourth-order valence-electron chi connectivity index (χ4n) is 3.26. The molecule has 6 heteroatoms. The number of hydrogen-bond acceptors (Lipinski definition) is 4. The molecule has 2 aromatic carbocycles. The average Bonchev–Trinajstić information content (AvgIpc) is 2.65. The molecule has 0 radical (unpaired) electrons. The van der Waals surface area contributed by atoms with E-state index in [1.807, 2.05) is 54.6 Å². The Morgan fingerprint density at radius 3 is 2.62 bits per heavy atom. The summed E-state index contributed by atoms with van der Waals surface area (Å²) in [4.78, 5) is 23.5. The SMILES string of the molecule is O=C(O)CC1(CNC(=O)OCc2ccccc2)CCOc2ccccc21. The molecule has 0 aliphatic carbocycles. The molecule has 0 spiro atoms. The van der Waals surface area contributed by atoms with E-state index in [2.05, 4.69) is 5.32 Å². The maximum atomic E-state index is 12.1. The van der Waals surface area contributed by atoms with E-state index in [4.69, 9.17) is 9.47 Å². The van der Waals surface area contributed by atoms with Gasteiger partial charge in [0, 0.05) is 17.5 Å². The predicted octanol–water partition coefficient (Wildman–Crippen LogP) is 3.11. The molecule has 0 bridgehead atoms.